The molecule has 26 heavy (non-hydrogen) atoms. The lowest BCUT2D eigenvalue weighted by Crippen LogP contribution is -3.16. The smallest absolute Gasteiger partial charge is 0.137 e. The quantitative estimate of drug-likeness (QED) is 0.780. The monoisotopic (exact) mass is 357 g/mol. The summed E-state index contributed by atoms with van der Waals surface area (Å²) in [5, 5.41) is 10.3. The van der Waals surface area contributed by atoms with Crippen LogP contribution in [0.15, 0.2) is 48.5 Å². The topological polar surface area (TPSA) is 46.4 Å². The average molecular weight is 357 g/mol. The van der Waals surface area contributed by atoms with Gasteiger partial charge in [-0.15, -0.1) is 0 Å². The van der Waals surface area contributed by atoms with Crippen LogP contribution in [0.5, 0.6) is 11.5 Å². The number of aliphatic hydroxyl groups is 1. The summed E-state index contributed by atoms with van der Waals surface area (Å²) in [6, 6.07) is 16.1. The van der Waals surface area contributed by atoms with E-state index in [1.54, 1.807) is 7.11 Å². The minimum atomic E-state index is -0.460. The molecule has 140 valence electrons. The van der Waals surface area contributed by atoms with Crippen LogP contribution in [0, 0.1) is 6.92 Å². The zero-order valence-electron chi connectivity index (χ0n) is 15.6. The Hall–Kier alpha value is -2.24. The van der Waals surface area contributed by atoms with Crippen molar-refractivity contribution in [2.24, 2.45) is 0 Å². The summed E-state index contributed by atoms with van der Waals surface area (Å²) in [7, 11) is 1.64. The van der Waals surface area contributed by atoms with E-state index in [0.29, 0.717) is 6.61 Å². The molecule has 0 amide bonds. The maximum atomic E-state index is 10.3. The van der Waals surface area contributed by atoms with E-state index in [9.17, 15) is 5.11 Å². The van der Waals surface area contributed by atoms with E-state index in [2.05, 4.69) is 36.1 Å². The highest BCUT2D eigenvalue weighted by atomic mass is 16.5. The van der Waals surface area contributed by atoms with E-state index >= 15 is 0 Å². The molecule has 1 fully saturated rings. The molecule has 1 heterocycles. The van der Waals surface area contributed by atoms with Crippen LogP contribution in [0.3, 0.4) is 0 Å². The maximum absolute atomic E-state index is 10.3. The zero-order valence-corrected chi connectivity index (χ0v) is 15.6. The first kappa shape index (κ1) is 18.5. The number of aryl methyl sites for hydroxylation is 1. The molecule has 0 radical (unpaired) electrons. The zero-order chi connectivity index (χ0) is 18.4. The van der Waals surface area contributed by atoms with Crippen molar-refractivity contribution in [3.63, 3.8) is 0 Å². The van der Waals surface area contributed by atoms with Crippen molar-refractivity contribution in [3.8, 4) is 11.5 Å². The fourth-order valence-corrected chi connectivity index (χ4v) is 3.30. The summed E-state index contributed by atoms with van der Waals surface area (Å²) in [6.45, 7) is 7.26. The third-order valence-electron chi connectivity index (χ3n) is 4.90. The Balaban J connectivity index is 1.40. The molecule has 2 aromatic rings. The number of benzene rings is 2. The Kier molecular flexibility index (Phi) is 6.36. The molecule has 5 heteroatoms. The van der Waals surface area contributed by atoms with Gasteiger partial charge in [0.1, 0.15) is 30.8 Å². The van der Waals surface area contributed by atoms with Gasteiger partial charge in [-0.25, -0.2) is 0 Å². The molecular weight excluding hydrogens is 328 g/mol. The average Bonchev–Trinajstić information content (AvgIpc) is 2.68. The second-order valence-corrected chi connectivity index (χ2v) is 6.92. The van der Waals surface area contributed by atoms with Gasteiger partial charge in [0.25, 0.3) is 0 Å². The Morgan fingerprint density at radius 2 is 1.62 bits per heavy atom. The largest absolute Gasteiger partial charge is 0.497 e. The lowest BCUT2D eigenvalue weighted by Gasteiger charge is -2.34. The van der Waals surface area contributed by atoms with Crippen molar-refractivity contribution >= 4 is 5.69 Å². The SMILES string of the molecule is COc1ccc(OC[C@H](O)C[NH+]2CCN(c3ccc(C)cc3)CC2)cc1. The predicted octanol–water partition coefficient (Wildman–Crippen LogP) is 1.15. The molecule has 0 saturated carbocycles. The molecule has 0 aromatic heterocycles. The standard InChI is InChI=1S/C21H28N2O3/c1-17-3-5-18(6-4-17)23-13-11-22(12-14-23)15-19(24)16-26-21-9-7-20(25-2)8-10-21/h3-10,19,24H,11-16H2,1-2H3/p+1/t19-/m1/s1. The van der Waals surface area contributed by atoms with E-state index in [0.717, 1.165) is 44.2 Å². The predicted molar refractivity (Wildman–Crippen MR) is 103 cm³/mol. The highest BCUT2D eigenvalue weighted by molar-refractivity contribution is 5.47. The summed E-state index contributed by atoms with van der Waals surface area (Å²) >= 11 is 0. The minimum absolute atomic E-state index is 0.317. The fraction of sp³-hybridized carbons (Fsp3) is 0.429. The van der Waals surface area contributed by atoms with Gasteiger partial charge in [0.15, 0.2) is 0 Å². The first-order valence-corrected chi connectivity index (χ1v) is 9.24. The number of quaternary nitrogens is 1. The van der Waals surface area contributed by atoms with Crippen LogP contribution in [0.1, 0.15) is 5.56 Å². The van der Waals surface area contributed by atoms with Gasteiger partial charge < -0.3 is 24.4 Å². The molecule has 1 aliphatic heterocycles. The highest BCUT2D eigenvalue weighted by Gasteiger charge is 2.22. The summed E-state index contributed by atoms with van der Waals surface area (Å²) < 4.78 is 10.8. The molecular formula is C21H29N2O3+. The van der Waals surface area contributed by atoms with E-state index in [1.807, 2.05) is 24.3 Å². The lowest BCUT2D eigenvalue weighted by atomic mass is 10.2. The molecule has 5 nitrogen and oxygen atoms in total. The van der Waals surface area contributed by atoms with Crippen molar-refractivity contribution in [3.05, 3.63) is 54.1 Å². The Bertz CT molecular complexity index is 665. The number of anilines is 1. The Morgan fingerprint density at radius 1 is 1.00 bits per heavy atom. The number of hydrogen-bond donors (Lipinski definition) is 2. The van der Waals surface area contributed by atoms with E-state index in [-0.39, 0.29) is 0 Å². The Labute approximate surface area is 155 Å². The summed E-state index contributed by atoms with van der Waals surface area (Å²) in [5.41, 5.74) is 2.58. The summed E-state index contributed by atoms with van der Waals surface area (Å²) in [6.07, 6.45) is -0.460. The first-order valence-electron chi connectivity index (χ1n) is 9.24. The van der Waals surface area contributed by atoms with Crippen molar-refractivity contribution < 1.29 is 19.5 Å². The third-order valence-corrected chi connectivity index (χ3v) is 4.90. The van der Waals surface area contributed by atoms with Gasteiger partial charge in [0, 0.05) is 5.69 Å². The second-order valence-electron chi connectivity index (χ2n) is 6.92. The molecule has 0 bridgehead atoms. The van der Waals surface area contributed by atoms with Gasteiger partial charge in [0.2, 0.25) is 0 Å². The summed E-state index contributed by atoms with van der Waals surface area (Å²) in [5.74, 6) is 1.55. The van der Waals surface area contributed by atoms with Crippen molar-refractivity contribution in [2.75, 3.05) is 51.3 Å². The minimum Gasteiger partial charge on any atom is -0.497 e. The number of nitrogens with one attached hydrogen (secondary N) is 1. The normalized spacial score (nSPS) is 16.3. The molecule has 0 unspecified atom stereocenters. The molecule has 1 atom stereocenters. The second kappa shape index (κ2) is 8.92. The third kappa shape index (κ3) is 5.13. The van der Waals surface area contributed by atoms with E-state index in [4.69, 9.17) is 9.47 Å². The van der Waals surface area contributed by atoms with Crippen LogP contribution >= 0.6 is 0 Å². The van der Waals surface area contributed by atoms with Gasteiger partial charge >= 0.3 is 0 Å². The molecule has 2 N–H and O–H groups in total. The molecule has 3 rings (SSSR count). The van der Waals surface area contributed by atoms with Gasteiger partial charge in [-0.3, -0.25) is 0 Å². The van der Waals surface area contributed by atoms with Gasteiger partial charge in [0.05, 0.1) is 33.3 Å². The van der Waals surface area contributed by atoms with Crippen LogP contribution in [0.2, 0.25) is 0 Å². The first-order chi connectivity index (χ1) is 12.6. The van der Waals surface area contributed by atoms with E-state index in [1.165, 1.54) is 16.2 Å². The van der Waals surface area contributed by atoms with Gasteiger partial charge in [-0.1, -0.05) is 17.7 Å². The number of piperazine rings is 1. The summed E-state index contributed by atoms with van der Waals surface area (Å²) in [4.78, 5) is 3.85. The number of ether oxygens (including phenoxy) is 2. The number of methoxy groups -OCH3 is 1. The molecule has 1 aliphatic rings. The number of nitrogens with zero attached hydrogens (tertiary/aromatic N) is 1. The van der Waals surface area contributed by atoms with Crippen LogP contribution in [-0.2, 0) is 0 Å². The lowest BCUT2D eigenvalue weighted by molar-refractivity contribution is -0.903. The molecule has 2 aromatic carbocycles. The van der Waals surface area contributed by atoms with Crippen molar-refractivity contribution in [1.29, 1.82) is 0 Å². The van der Waals surface area contributed by atoms with Crippen LogP contribution in [0.25, 0.3) is 0 Å². The number of rotatable bonds is 7. The molecule has 0 aliphatic carbocycles. The number of aliphatic hydroxyl groups excluding tert-OH is 1. The number of hydrogen-bond acceptors (Lipinski definition) is 4. The maximum Gasteiger partial charge on any atom is 0.137 e. The van der Waals surface area contributed by atoms with Crippen molar-refractivity contribution in [2.45, 2.75) is 13.0 Å². The molecule has 1 saturated heterocycles. The van der Waals surface area contributed by atoms with Crippen LogP contribution < -0.4 is 19.3 Å². The highest BCUT2D eigenvalue weighted by Crippen LogP contribution is 2.17. The Morgan fingerprint density at radius 3 is 2.23 bits per heavy atom. The van der Waals surface area contributed by atoms with Crippen LogP contribution in [0.4, 0.5) is 5.69 Å². The van der Waals surface area contributed by atoms with Gasteiger partial charge in [-0.2, -0.15) is 0 Å². The van der Waals surface area contributed by atoms with E-state index < -0.39 is 6.10 Å². The fourth-order valence-electron chi connectivity index (χ4n) is 3.30. The van der Waals surface area contributed by atoms with Crippen LogP contribution in [-0.4, -0.2) is 57.7 Å². The molecule has 0 spiro atoms. The van der Waals surface area contributed by atoms with Gasteiger partial charge in [-0.05, 0) is 43.3 Å². The van der Waals surface area contributed by atoms with Crippen molar-refractivity contribution in [1.82, 2.24) is 0 Å².